The molecule has 4 rings (SSSR count). The molecule has 3 aromatic heterocycles. The molecule has 1 amide bonds. The van der Waals surface area contributed by atoms with Gasteiger partial charge in [-0.3, -0.25) is 9.69 Å². The van der Waals surface area contributed by atoms with Gasteiger partial charge in [0.15, 0.2) is 5.13 Å². The second kappa shape index (κ2) is 7.69. The molecule has 0 radical (unpaired) electrons. The lowest BCUT2D eigenvalue weighted by molar-refractivity contribution is 0.0992. The molecule has 0 saturated heterocycles. The SMILES string of the molecule is Cc1cc(C)n2nc(SCc3ccccc3C(=O)N(C)c3nccs3)nc2n1. The second-order valence-corrected chi connectivity index (χ2v) is 8.09. The Morgan fingerprint density at radius 3 is 2.86 bits per heavy atom. The molecule has 4 aromatic rings. The highest BCUT2D eigenvalue weighted by atomic mass is 32.2. The molecule has 0 unspecified atom stereocenters. The van der Waals surface area contributed by atoms with Gasteiger partial charge in [-0.25, -0.2) is 14.5 Å². The summed E-state index contributed by atoms with van der Waals surface area (Å²) in [4.78, 5) is 27.6. The van der Waals surface area contributed by atoms with E-state index in [0.717, 1.165) is 17.0 Å². The van der Waals surface area contributed by atoms with Gasteiger partial charge >= 0.3 is 0 Å². The summed E-state index contributed by atoms with van der Waals surface area (Å²) in [5.74, 6) is 1.10. The number of aromatic nitrogens is 5. The third-order valence-electron chi connectivity index (χ3n) is 4.21. The fourth-order valence-electron chi connectivity index (χ4n) is 2.86. The van der Waals surface area contributed by atoms with E-state index in [2.05, 4.69) is 20.1 Å². The largest absolute Gasteiger partial charge is 0.287 e. The van der Waals surface area contributed by atoms with Crippen molar-refractivity contribution in [3.05, 3.63) is 64.4 Å². The van der Waals surface area contributed by atoms with Gasteiger partial charge < -0.3 is 0 Å². The number of anilines is 1. The summed E-state index contributed by atoms with van der Waals surface area (Å²) >= 11 is 2.92. The number of amides is 1. The molecule has 0 aliphatic rings. The first-order chi connectivity index (χ1) is 13.5. The van der Waals surface area contributed by atoms with Gasteiger partial charge in [0.25, 0.3) is 11.7 Å². The van der Waals surface area contributed by atoms with Gasteiger partial charge in [0.05, 0.1) is 0 Å². The normalized spacial score (nSPS) is 11.1. The standard InChI is InChI=1S/C19H18N6OS2/c1-12-10-13(2)25-17(21-12)22-18(23-25)28-11-14-6-4-5-7-15(14)16(26)24(3)19-20-8-9-27-19/h4-10H,11H2,1-3H3. The first-order valence-corrected chi connectivity index (χ1v) is 10.5. The van der Waals surface area contributed by atoms with Crippen LogP contribution in [0.4, 0.5) is 5.13 Å². The van der Waals surface area contributed by atoms with Crippen LogP contribution in [0, 0.1) is 13.8 Å². The molecule has 0 N–H and O–H groups in total. The molecule has 0 saturated carbocycles. The minimum atomic E-state index is -0.0813. The second-order valence-electron chi connectivity index (χ2n) is 6.27. The lowest BCUT2D eigenvalue weighted by Crippen LogP contribution is -2.27. The van der Waals surface area contributed by atoms with E-state index in [9.17, 15) is 4.79 Å². The summed E-state index contributed by atoms with van der Waals surface area (Å²) in [6.45, 7) is 3.92. The van der Waals surface area contributed by atoms with E-state index in [1.165, 1.54) is 23.1 Å². The van der Waals surface area contributed by atoms with Crippen molar-refractivity contribution < 1.29 is 4.79 Å². The maximum atomic E-state index is 12.9. The topological polar surface area (TPSA) is 76.3 Å². The molecule has 0 aliphatic carbocycles. The zero-order valence-corrected chi connectivity index (χ0v) is 17.3. The number of thioether (sulfide) groups is 1. The van der Waals surface area contributed by atoms with Crippen LogP contribution in [0.1, 0.15) is 27.3 Å². The number of rotatable bonds is 5. The van der Waals surface area contributed by atoms with Crippen molar-refractivity contribution in [2.24, 2.45) is 0 Å². The number of hydrogen-bond acceptors (Lipinski definition) is 7. The van der Waals surface area contributed by atoms with Crippen LogP contribution in [-0.4, -0.2) is 37.5 Å². The summed E-state index contributed by atoms with van der Waals surface area (Å²) in [6, 6.07) is 9.57. The summed E-state index contributed by atoms with van der Waals surface area (Å²) < 4.78 is 1.74. The van der Waals surface area contributed by atoms with Crippen molar-refractivity contribution in [1.82, 2.24) is 24.6 Å². The van der Waals surface area contributed by atoms with Crippen molar-refractivity contribution in [2.75, 3.05) is 11.9 Å². The predicted octanol–water partition coefficient (Wildman–Crippen LogP) is 3.77. The van der Waals surface area contributed by atoms with Crippen LogP contribution < -0.4 is 4.90 Å². The molecule has 0 aliphatic heterocycles. The van der Waals surface area contributed by atoms with Gasteiger partial charge in [-0.15, -0.1) is 16.4 Å². The van der Waals surface area contributed by atoms with Crippen molar-refractivity contribution in [3.8, 4) is 0 Å². The van der Waals surface area contributed by atoms with Crippen LogP contribution in [0.15, 0.2) is 47.1 Å². The summed E-state index contributed by atoms with van der Waals surface area (Å²) in [6.07, 6.45) is 1.69. The van der Waals surface area contributed by atoms with Crippen LogP contribution in [0.3, 0.4) is 0 Å². The Bertz CT molecular complexity index is 1140. The highest BCUT2D eigenvalue weighted by Gasteiger charge is 2.19. The van der Waals surface area contributed by atoms with Gasteiger partial charge in [0.2, 0.25) is 5.16 Å². The molecular weight excluding hydrogens is 392 g/mol. The third kappa shape index (κ3) is 3.63. The van der Waals surface area contributed by atoms with E-state index >= 15 is 0 Å². The van der Waals surface area contributed by atoms with Gasteiger partial charge in [0.1, 0.15) is 0 Å². The smallest absolute Gasteiger partial charge is 0.260 e. The van der Waals surface area contributed by atoms with Crippen LogP contribution >= 0.6 is 23.1 Å². The van der Waals surface area contributed by atoms with Gasteiger partial charge in [-0.05, 0) is 31.5 Å². The summed E-state index contributed by atoms with van der Waals surface area (Å²) in [7, 11) is 1.74. The Kier molecular flexibility index (Phi) is 5.10. The molecule has 28 heavy (non-hydrogen) atoms. The zero-order valence-electron chi connectivity index (χ0n) is 15.7. The summed E-state index contributed by atoms with van der Waals surface area (Å²) in [5.41, 5.74) is 3.49. The quantitative estimate of drug-likeness (QED) is 0.466. The maximum Gasteiger partial charge on any atom is 0.260 e. The predicted molar refractivity (Wildman–Crippen MR) is 111 cm³/mol. The van der Waals surface area contributed by atoms with Gasteiger partial charge in [-0.1, -0.05) is 30.0 Å². The van der Waals surface area contributed by atoms with E-state index in [1.54, 1.807) is 22.7 Å². The van der Waals surface area contributed by atoms with Crippen molar-refractivity contribution in [2.45, 2.75) is 24.8 Å². The van der Waals surface area contributed by atoms with Crippen molar-refractivity contribution in [3.63, 3.8) is 0 Å². The zero-order chi connectivity index (χ0) is 19.7. The minimum Gasteiger partial charge on any atom is -0.287 e. The van der Waals surface area contributed by atoms with E-state index in [4.69, 9.17) is 0 Å². The van der Waals surface area contributed by atoms with E-state index in [0.29, 0.717) is 27.4 Å². The lowest BCUT2D eigenvalue weighted by Gasteiger charge is -2.16. The molecule has 1 aromatic carbocycles. The number of thiazole rings is 1. The van der Waals surface area contributed by atoms with Crippen molar-refractivity contribution >= 4 is 39.9 Å². The average Bonchev–Trinajstić information content (AvgIpc) is 3.35. The molecule has 0 fully saturated rings. The number of nitrogens with zero attached hydrogens (tertiary/aromatic N) is 6. The molecular formula is C19H18N6OS2. The molecule has 0 bridgehead atoms. The van der Waals surface area contributed by atoms with Crippen LogP contribution in [-0.2, 0) is 5.75 Å². The minimum absolute atomic E-state index is 0.0813. The number of aryl methyl sites for hydroxylation is 2. The van der Waals surface area contributed by atoms with Crippen molar-refractivity contribution in [1.29, 1.82) is 0 Å². The molecule has 0 atom stereocenters. The van der Waals surface area contributed by atoms with Gasteiger partial charge in [-0.2, -0.15) is 4.98 Å². The molecule has 9 heteroatoms. The molecule has 0 spiro atoms. The third-order valence-corrected chi connectivity index (χ3v) is 5.95. The lowest BCUT2D eigenvalue weighted by atomic mass is 10.1. The highest BCUT2D eigenvalue weighted by Crippen LogP contribution is 2.25. The van der Waals surface area contributed by atoms with Gasteiger partial charge in [0, 0.05) is 41.3 Å². The first kappa shape index (κ1) is 18.6. The van der Waals surface area contributed by atoms with Crippen LogP contribution in [0.2, 0.25) is 0 Å². The number of hydrogen-bond donors (Lipinski definition) is 0. The van der Waals surface area contributed by atoms with E-state index in [1.807, 2.05) is 49.6 Å². The Labute approximate surface area is 170 Å². The number of benzene rings is 1. The Balaban J connectivity index is 1.56. The average molecular weight is 411 g/mol. The highest BCUT2D eigenvalue weighted by molar-refractivity contribution is 7.98. The van der Waals surface area contributed by atoms with E-state index < -0.39 is 0 Å². The Morgan fingerprint density at radius 2 is 2.07 bits per heavy atom. The number of carbonyl (C=O) groups is 1. The first-order valence-electron chi connectivity index (χ1n) is 8.62. The molecule has 3 heterocycles. The fourth-order valence-corrected chi connectivity index (χ4v) is 4.28. The Morgan fingerprint density at radius 1 is 1.25 bits per heavy atom. The Hall–Kier alpha value is -2.78. The number of carbonyl (C=O) groups excluding carboxylic acids is 1. The monoisotopic (exact) mass is 410 g/mol. The van der Waals surface area contributed by atoms with Crippen LogP contribution in [0.25, 0.3) is 5.78 Å². The summed E-state index contributed by atoms with van der Waals surface area (Å²) in [5, 5.41) is 7.68. The maximum absolute atomic E-state index is 12.9. The molecule has 7 nitrogen and oxygen atoms in total. The fraction of sp³-hybridized carbons (Fsp3) is 0.211. The van der Waals surface area contributed by atoms with Crippen LogP contribution in [0.5, 0.6) is 0 Å². The molecule has 142 valence electrons. The van der Waals surface area contributed by atoms with E-state index in [-0.39, 0.29) is 5.91 Å². The number of fused-ring (bicyclic) bond motifs is 1.